The molecule has 0 aliphatic carbocycles. The normalized spacial score (nSPS) is 11.9. The quantitative estimate of drug-likeness (QED) is 0.827. The number of carboxylic acid groups (broad SMARTS) is 1. The molecule has 2 rings (SSSR count). The number of hydrogen-bond donors (Lipinski definition) is 1. The van der Waals surface area contributed by atoms with E-state index >= 15 is 0 Å². The van der Waals surface area contributed by atoms with Crippen molar-refractivity contribution < 1.29 is 14.3 Å². The van der Waals surface area contributed by atoms with E-state index in [2.05, 4.69) is 4.98 Å². The summed E-state index contributed by atoms with van der Waals surface area (Å²) in [7, 11) is 0. The Balaban J connectivity index is 2.41. The molecule has 0 radical (unpaired) electrons. The number of allylic oxidation sites excluding steroid dienone is 1. The lowest BCUT2D eigenvalue weighted by Crippen LogP contribution is -2.14. The van der Waals surface area contributed by atoms with Crippen molar-refractivity contribution in [2.75, 3.05) is 0 Å². The van der Waals surface area contributed by atoms with Crippen LogP contribution in [0, 0.1) is 0 Å². The predicted molar refractivity (Wildman–Crippen MR) is 64.3 cm³/mol. The number of carbonyl (C=O) groups is 1. The summed E-state index contributed by atoms with van der Waals surface area (Å²) in [4.78, 5) is 26.5. The smallest absolute Gasteiger partial charge is 0.421 e. The van der Waals surface area contributed by atoms with Crippen LogP contribution in [-0.4, -0.2) is 20.6 Å². The summed E-state index contributed by atoms with van der Waals surface area (Å²) >= 11 is 0. The molecule has 0 bridgehead atoms. The van der Waals surface area contributed by atoms with Crippen molar-refractivity contribution >= 4 is 17.2 Å². The van der Waals surface area contributed by atoms with E-state index in [-0.39, 0.29) is 12.1 Å². The van der Waals surface area contributed by atoms with Crippen LogP contribution >= 0.6 is 0 Å². The maximum absolute atomic E-state index is 11.6. The zero-order valence-electron chi connectivity index (χ0n) is 9.79. The average molecular weight is 248 g/mol. The third-order valence-corrected chi connectivity index (χ3v) is 2.60. The Morgan fingerprint density at radius 1 is 1.61 bits per heavy atom. The lowest BCUT2D eigenvalue weighted by Gasteiger charge is -1.99. The number of pyridine rings is 1. The maximum atomic E-state index is 11.6. The third-order valence-electron chi connectivity index (χ3n) is 2.60. The van der Waals surface area contributed by atoms with Gasteiger partial charge in [-0.1, -0.05) is 13.0 Å². The van der Waals surface area contributed by atoms with Crippen molar-refractivity contribution in [1.29, 1.82) is 0 Å². The number of fused-ring (bicyclic) bond motifs is 1. The van der Waals surface area contributed by atoms with E-state index in [4.69, 9.17) is 9.52 Å². The first-order chi connectivity index (χ1) is 8.63. The standard InChI is InChI=1S/C12H12N2O4/c1-2-8(11(15)16)5-7-14-10-9(18-12(14)17)4-3-6-13-10/h3-6H,2,7H2,1H3,(H,15,16). The van der Waals surface area contributed by atoms with Gasteiger partial charge in [0, 0.05) is 18.3 Å². The summed E-state index contributed by atoms with van der Waals surface area (Å²) < 4.78 is 6.29. The summed E-state index contributed by atoms with van der Waals surface area (Å²) in [5, 5.41) is 8.89. The van der Waals surface area contributed by atoms with Gasteiger partial charge in [-0.15, -0.1) is 0 Å². The molecule has 18 heavy (non-hydrogen) atoms. The molecule has 0 amide bonds. The van der Waals surface area contributed by atoms with Gasteiger partial charge in [-0.05, 0) is 18.6 Å². The van der Waals surface area contributed by atoms with Gasteiger partial charge in [-0.2, -0.15) is 0 Å². The molecule has 0 saturated heterocycles. The van der Waals surface area contributed by atoms with Gasteiger partial charge in [0.1, 0.15) is 0 Å². The predicted octanol–water partition coefficient (Wildman–Crippen LogP) is 1.41. The van der Waals surface area contributed by atoms with Crippen molar-refractivity contribution in [3.63, 3.8) is 0 Å². The molecule has 0 spiro atoms. The lowest BCUT2D eigenvalue weighted by atomic mass is 10.2. The topological polar surface area (TPSA) is 85.3 Å². The molecule has 0 aliphatic rings. The maximum Gasteiger partial charge on any atom is 0.421 e. The minimum absolute atomic E-state index is 0.137. The molecule has 1 N–H and O–H groups in total. The van der Waals surface area contributed by atoms with Gasteiger partial charge in [-0.3, -0.25) is 4.57 Å². The van der Waals surface area contributed by atoms with Crippen molar-refractivity contribution in [2.45, 2.75) is 19.9 Å². The fourth-order valence-electron chi connectivity index (χ4n) is 1.65. The highest BCUT2D eigenvalue weighted by atomic mass is 16.4. The molecule has 94 valence electrons. The van der Waals surface area contributed by atoms with Gasteiger partial charge in [-0.25, -0.2) is 14.6 Å². The average Bonchev–Trinajstić information content (AvgIpc) is 2.66. The Kier molecular flexibility index (Phi) is 3.27. The number of oxazole rings is 1. The van der Waals surface area contributed by atoms with E-state index in [1.807, 2.05) is 0 Å². The second-order valence-electron chi connectivity index (χ2n) is 3.69. The number of aliphatic carboxylic acids is 1. The van der Waals surface area contributed by atoms with E-state index in [9.17, 15) is 9.59 Å². The number of nitrogens with zero attached hydrogens (tertiary/aromatic N) is 2. The Morgan fingerprint density at radius 3 is 3.06 bits per heavy atom. The second kappa shape index (κ2) is 4.87. The van der Waals surface area contributed by atoms with E-state index in [1.54, 1.807) is 25.3 Å². The van der Waals surface area contributed by atoms with Gasteiger partial charge >= 0.3 is 11.7 Å². The molecule has 2 heterocycles. The minimum atomic E-state index is -0.980. The van der Waals surface area contributed by atoms with E-state index in [0.29, 0.717) is 17.7 Å². The van der Waals surface area contributed by atoms with Gasteiger partial charge in [0.25, 0.3) is 0 Å². The van der Waals surface area contributed by atoms with Crippen LogP contribution in [-0.2, 0) is 11.3 Å². The molecule has 2 aromatic heterocycles. The Bertz CT molecular complexity index is 666. The summed E-state index contributed by atoms with van der Waals surface area (Å²) in [6, 6.07) is 3.31. The van der Waals surface area contributed by atoms with E-state index in [0.717, 1.165) is 0 Å². The van der Waals surface area contributed by atoms with Gasteiger partial charge in [0.05, 0.1) is 0 Å². The third kappa shape index (κ3) is 2.17. The lowest BCUT2D eigenvalue weighted by molar-refractivity contribution is -0.132. The van der Waals surface area contributed by atoms with Crippen molar-refractivity contribution in [3.05, 3.63) is 40.5 Å². The van der Waals surface area contributed by atoms with Crippen LogP contribution in [0.15, 0.2) is 39.2 Å². The molecule has 0 atom stereocenters. The largest absolute Gasteiger partial charge is 0.478 e. The van der Waals surface area contributed by atoms with Crippen LogP contribution in [0.4, 0.5) is 0 Å². The molecule has 2 aromatic rings. The fourth-order valence-corrected chi connectivity index (χ4v) is 1.65. The summed E-state index contributed by atoms with van der Waals surface area (Å²) in [5.41, 5.74) is 1.07. The van der Waals surface area contributed by atoms with Gasteiger partial charge < -0.3 is 9.52 Å². The zero-order valence-corrected chi connectivity index (χ0v) is 9.79. The number of aromatic nitrogens is 2. The van der Waals surface area contributed by atoms with Crippen molar-refractivity contribution in [3.8, 4) is 0 Å². The molecular formula is C12H12N2O4. The Labute approximate surface area is 102 Å². The molecule has 0 unspecified atom stereocenters. The SMILES string of the molecule is CCC(=CCn1c(=O)oc2cccnc21)C(=O)O. The minimum Gasteiger partial charge on any atom is -0.478 e. The molecule has 0 saturated carbocycles. The highest BCUT2D eigenvalue weighted by molar-refractivity contribution is 5.86. The highest BCUT2D eigenvalue weighted by Crippen LogP contribution is 2.09. The summed E-state index contributed by atoms with van der Waals surface area (Å²) in [5.74, 6) is -1.52. The van der Waals surface area contributed by atoms with Crippen LogP contribution in [0.1, 0.15) is 13.3 Å². The fraction of sp³-hybridized carbons (Fsp3) is 0.250. The first kappa shape index (κ1) is 12.1. The molecule has 0 fully saturated rings. The molecule has 0 aliphatic heterocycles. The second-order valence-corrected chi connectivity index (χ2v) is 3.69. The van der Waals surface area contributed by atoms with Crippen LogP contribution in [0.3, 0.4) is 0 Å². The molecule has 6 nitrogen and oxygen atoms in total. The number of carboxylic acids is 1. The number of rotatable bonds is 4. The van der Waals surface area contributed by atoms with Crippen LogP contribution < -0.4 is 5.76 Å². The first-order valence-electron chi connectivity index (χ1n) is 5.50. The van der Waals surface area contributed by atoms with Gasteiger partial charge in [0.15, 0.2) is 11.2 Å². The van der Waals surface area contributed by atoms with E-state index < -0.39 is 11.7 Å². The van der Waals surface area contributed by atoms with E-state index in [1.165, 1.54) is 10.6 Å². The van der Waals surface area contributed by atoms with Crippen LogP contribution in [0.25, 0.3) is 11.2 Å². The summed E-state index contributed by atoms with van der Waals surface area (Å²) in [6.45, 7) is 1.88. The highest BCUT2D eigenvalue weighted by Gasteiger charge is 2.10. The summed E-state index contributed by atoms with van der Waals surface area (Å²) in [6.07, 6.45) is 3.44. The Morgan fingerprint density at radius 2 is 2.39 bits per heavy atom. The Hall–Kier alpha value is -2.37. The zero-order chi connectivity index (χ0) is 13.1. The monoisotopic (exact) mass is 248 g/mol. The van der Waals surface area contributed by atoms with Gasteiger partial charge in [0.2, 0.25) is 0 Å². The number of hydrogen-bond acceptors (Lipinski definition) is 4. The molecule has 0 aromatic carbocycles. The van der Waals surface area contributed by atoms with Crippen LogP contribution in [0.2, 0.25) is 0 Å². The van der Waals surface area contributed by atoms with Crippen molar-refractivity contribution in [1.82, 2.24) is 9.55 Å². The molecule has 6 heteroatoms. The molecular weight excluding hydrogens is 236 g/mol. The van der Waals surface area contributed by atoms with Crippen molar-refractivity contribution in [2.24, 2.45) is 0 Å². The first-order valence-corrected chi connectivity index (χ1v) is 5.50. The van der Waals surface area contributed by atoms with Crippen LogP contribution in [0.5, 0.6) is 0 Å².